The first-order valence-electron chi connectivity index (χ1n) is 9.48. The number of hydrogen-bond donors (Lipinski definition) is 3. The summed E-state index contributed by atoms with van der Waals surface area (Å²) in [5, 5.41) is 8.38. The number of anilines is 1. The number of aryl methyl sites for hydroxylation is 1. The summed E-state index contributed by atoms with van der Waals surface area (Å²) in [5.41, 5.74) is 4.85. The first-order chi connectivity index (χ1) is 12.7. The van der Waals surface area contributed by atoms with Gasteiger partial charge in [0, 0.05) is 17.7 Å². The van der Waals surface area contributed by atoms with E-state index < -0.39 is 30.5 Å². The number of ether oxygens (including phenoxy) is 1. The number of nitrogen functional groups attached to an aromatic ring is 1. The van der Waals surface area contributed by atoms with Gasteiger partial charge in [0.2, 0.25) is 0 Å². The van der Waals surface area contributed by atoms with Gasteiger partial charge >= 0.3 is 13.3 Å². The lowest BCUT2D eigenvalue weighted by molar-refractivity contribution is -0.0803. The second kappa shape index (κ2) is 7.88. The Hall–Kier alpha value is -1.25. The molecular weight excluding hydrogens is 385 g/mol. The Balaban J connectivity index is 2.15. The van der Waals surface area contributed by atoms with Crippen LogP contribution < -0.4 is 11.4 Å². The lowest BCUT2D eigenvalue weighted by Gasteiger charge is -2.39. The molecule has 1 aromatic heterocycles. The van der Waals surface area contributed by atoms with Gasteiger partial charge in [-0.05, 0) is 47.0 Å². The van der Waals surface area contributed by atoms with E-state index in [-0.39, 0.29) is 24.3 Å². The van der Waals surface area contributed by atoms with E-state index in [0.29, 0.717) is 18.4 Å². The Kier molecular flexibility index (Phi) is 6.48. The van der Waals surface area contributed by atoms with Crippen molar-refractivity contribution in [1.82, 2.24) is 9.55 Å². The second-order valence-electron chi connectivity index (χ2n) is 8.28. The molecule has 0 bridgehead atoms. The molecule has 28 heavy (non-hydrogen) atoms. The number of aliphatic hydroxyl groups is 1. The average molecular weight is 417 g/mol. The molecule has 0 radical (unpaired) electrons. The highest BCUT2D eigenvalue weighted by atomic mass is 31.2. The van der Waals surface area contributed by atoms with E-state index in [1.807, 2.05) is 6.92 Å². The summed E-state index contributed by atoms with van der Waals surface area (Å²) in [6.07, 6.45) is 2.18. The summed E-state index contributed by atoms with van der Waals surface area (Å²) in [5.74, 6) is -0.0791. The van der Waals surface area contributed by atoms with Crippen molar-refractivity contribution < 1.29 is 23.8 Å². The van der Waals surface area contributed by atoms with Gasteiger partial charge in [-0.15, -0.1) is 0 Å². The van der Waals surface area contributed by atoms with Gasteiger partial charge in [0.25, 0.3) is 0 Å². The minimum atomic E-state index is -4.28. The van der Waals surface area contributed by atoms with Gasteiger partial charge < -0.3 is 25.0 Å². The van der Waals surface area contributed by atoms with Crippen LogP contribution in [0.15, 0.2) is 11.0 Å². The van der Waals surface area contributed by atoms with E-state index in [2.05, 4.69) is 4.98 Å². The molecule has 0 aliphatic carbocycles. The van der Waals surface area contributed by atoms with Crippen LogP contribution in [0.4, 0.5) is 5.82 Å². The molecule has 2 rings (SSSR count). The molecule has 0 amide bonds. The van der Waals surface area contributed by atoms with Crippen LogP contribution in [0.3, 0.4) is 0 Å². The quantitative estimate of drug-likeness (QED) is 0.576. The van der Waals surface area contributed by atoms with Gasteiger partial charge in [-0.3, -0.25) is 9.13 Å². The van der Waals surface area contributed by atoms with Crippen molar-refractivity contribution in [1.29, 1.82) is 0 Å². The maximum Gasteiger partial charge on any atom is 0.359 e. The molecule has 1 saturated heterocycles. The summed E-state index contributed by atoms with van der Waals surface area (Å²) in [6.45, 7) is 9.94. The minimum absolute atomic E-state index is 0.0830. The maximum absolute atomic E-state index is 12.6. The van der Waals surface area contributed by atoms with E-state index >= 15 is 0 Å². The zero-order valence-electron chi connectivity index (χ0n) is 17.4. The standard InChI is InChI=1S/C18H32N3O6P/c1-7-18(6,23)28(24,25)27-17(4,5)12(3)13-8-9-14(26-13)21-10-11(2)15(19)20-16(21)22/h10,12-14,23H,7-9H2,1-6H3,(H,24,25)(H2,19,20,22). The average Bonchev–Trinajstić information content (AvgIpc) is 3.05. The van der Waals surface area contributed by atoms with Gasteiger partial charge in [0.15, 0.2) is 5.34 Å². The summed E-state index contributed by atoms with van der Waals surface area (Å²) in [7, 11) is -4.28. The van der Waals surface area contributed by atoms with Crippen LogP contribution in [-0.2, 0) is 13.8 Å². The highest BCUT2D eigenvalue weighted by Crippen LogP contribution is 2.59. The van der Waals surface area contributed by atoms with Crippen LogP contribution in [0.1, 0.15) is 65.7 Å². The molecule has 4 N–H and O–H groups in total. The summed E-state index contributed by atoms with van der Waals surface area (Å²) >= 11 is 0. The molecule has 1 aliphatic rings. The van der Waals surface area contributed by atoms with Crippen molar-refractivity contribution >= 4 is 13.4 Å². The Bertz CT molecular complexity index is 822. The molecule has 2 heterocycles. The zero-order chi connectivity index (χ0) is 21.5. The summed E-state index contributed by atoms with van der Waals surface area (Å²) < 4.78 is 25.6. The van der Waals surface area contributed by atoms with Crippen LogP contribution in [-0.4, -0.2) is 36.6 Å². The Morgan fingerprint density at radius 2 is 2.07 bits per heavy atom. The number of nitrogens with zero attached hydrogens (tertiary/aromatic N) is 2. The second-order valence-corrected chi connectivity index (χ2v) is 10.5. The van der Waals surface area contributed by atoms with Gasteiger partial charge in [0.1, 0.15) is 12.0 Å². The predicted molar refractivity (Wildman–Crippen MR) is 106 cm³/mol. The van der Waals surface area contributed by atoms with Crippen molar-refractivity contribution in [3.8, 4) is 0 Å². The third kappa shape index (κ3) is 4.49. The summed E-state index contributed by atoms with van der Waals surface area (Å²) in [4.78, 5) is 26.2. The number of rotatable bonds is 7. The molecule has 0 saturated carbocycles. The topological polar surface area (TPSA) is 137 Å². The van der Waals surface area contributed by atoms with Crippen molar-refractivity contribution in [2.45, 2.75) is 84.1 Å². The smallest absolute Gasteiger partial charge is 0.359 e. The Labute approximate surface area is 165 Å². The fourth-order valence-corrected chi connectivity index (χ4v) is 4.55. The number of aromatic nitrogens is 2. The first-order valence-corrected chi connectivity index (χ1v) is 11.1. The molecule has 0 aromatic carbocycles. The van der Waals surface area contributed by atoms with E-state index in [1.165, 1.54) is 11.5 Å². The van der Waals surface area contributed by atoms with Crippen molar-refractivity contribution in [2.24, 2.45) is 5.92 Å². The van der Waals surface area contributed by atoms with E-state index in [4.69, 9.17) is 15.0 Å². The predicted octanol–water partition coefficient (Wildman–Crippen LogP) is 2.55. The van der Waals surface area contributed by atoms with Crippen molar-refractivity contribution in [2.75, 3.05) is 5.73 Å². The lowest BCUT2D eigenvalue weighted by atomic mass is 9.87. The molecule has 9 nitrogen and oxygen atoms in total. The minimum Gasteiger partial charge on any atom is -0.383 e. The number of hydrogen-bond acceptors (Lipinski definition) is 7. The van der Waals surface area contributed by atoms with Gasteiger partial charge in [-0.1, -0.05) is 13.8 Å². The molecule has 160 valence electrons. The first kappa shape index (κ1) is 23.0. The molecule has 1 aliphatic heterocycles. The van der Waals surface area contributed by atoms with Crippen LogP contribution in [0.25, 0.3) is 0 Å². The highest BCUT2D eigenvalue weighted by Gasteiger charge is 2.48. The molecular formula is C18H32N3O6P. The SMILES string of the molecule is CCC(C)(O)P(=O)(O)OC(C)(C)C(C)C1CCC(n2cc(C)c(N)nc2=O)O1. The highest BCUT2D eigenvalue weighted by molar-refractivity contribution is 7.54. The molecule has 0 spiro atoms. The van der Waals surface area contributed by atoms with Gasteiger partial charge in [-0.2, -0.15) is 4.98 Å². The monoisotopic (exact) mass is 417 g/mol. The Morgan fingerprint density at radius 1 is 1.46 bits per heavy atom. The summed E-state index contributed by atoms with van der Waals surface area (Å²) in [6, 6.07) is 0. The van der Waals surface area contributed by atoms with Crippen molar-refractivity contribution in [3.63, 3.8) is 0 Å². The van der Waals surface area contributed by atoms with E-state index in [0.717, 1.165) is 0 Å². The van der Waals surface area contributed by atoms with Gasteiger partial charge in [0.05, 0.1) is 11.7 Å². The van der Waals surface area contributed by atoms with Crippen LogP contribution in [0, 0.1) is 12.8 Å². The third-order valence-electron chi connectivity index (χ3n) is 5.81. The largest absolute Gasteiger partial charge is 0.383 e. The normalized spacial score (nSPS) is 25.9. The zero-order valence-corrected chi connectivity index (χ0v) is 18.3. The van der Waals surface area contributed by atoms with E-state index in [9.17, 15) is 19.4 Å². The Morgan fingerprint density at radius 3 is 2.64 bits per heavy atom. The van der Waals surface area contributed by atoms with E-state index in [1.54, 1.807) is 33.9 Å². The number of nitrogens with two attached hydrogens (primary N) is 1. The maximum atomic E-state index is 12.6. The molecule has 10 heteroatoms. The van der Waals surface area contributed by atoms with Crippen molar-refractivity contribution in [3.05, 3.63) is 22.2 Å². The van der Waals surface area contributed by atoms with Gasteiger partial charge in [-0.25, -0.2) is 4.79 Å². The van der Waals surface area contributed by atoms with Crippen LogP contribution in [0.2, 0.25) is 0 Å². The lowest BCUT2D eigenvalue weighted by Crippen LogP contribution is -2.41. The molecule has 1 fully saturated rings. The van der Waals surface area contributed by atoms with Crippen LogP contribution >= 0.6 is 7.60 Å². The fourth-order valence-electron chi connectivity index (χ4n) is 3.15. The van der Waals surface area contributed by atoms with Crippen LogP contribution in [0.5, 0.6) is 0 Å². The molecule has 1 aromatic rings. The molecule has 5 atom stereocenters. The third-order valence-corrected chi connectivity index (χ3v) is 8.06. The fraction of sp³-hybridized carbons (Fsp3) is 0.778. The molecule has 5 unspecified atom stereocenters.